The molecule has 0 saturated heterocycles. The van der Waals surface area contributed by atoms with Crippen molar-refractivity contribution in [3.63, 3.8) is 0 Å². The lowest BCUT2D eigenvalue weighted by atomic mass is 9.98. The zero-order valence-corrected chi connectivity index (χ0v) is 18.8. The maximum atomic E-state index is 10.5. The predicted octanol–water partition coefficient (Wildman–Crippen LogP) is 5.76. The first-order chi connectivity index (χ1) is 14.4. The summed E-state index contributed by atoms with van der Waals surface area (Å²) < 4.78 is 2.24. The number of hydrogen-bond acceptors (Lipinski definition) is 5. The van der Waals surface area contributed by atoms with E-state index in [2.05, 4.69) is 41.1 Å². The number of phenols is 2. The first-order valence-corrected chi connectivity index (χ1v) is 10.9. The Morgan fingerprint density at radius 3 is 2.23 bits per heavy atom. The second-order valence-electron chi connectivity index (χ2n) is 7.77. The molecule has 1 aromatic heterocycles. The molecule has 3 rings (SSSR count). The summed E-state index contributed by atoms with van der Waals surface area (Å²) in [5.41, 5.74) is 3.30. The number of aromatic nitrogens is 3. The average molecular weight is 427 g/mol. The fourth-order valence-electron chi connectivity index (χ4n) is 3.68. The Balaban J connectivity index is 2.06. The molecule has 0 aliphatic rings. The number of aromatic hydroxyl groups is 2. The number of rotatable bonds is 8. The molecule has 0 atom stereocenters. The summed E-state index contributed by atoms with van der Waals surface area (Å²) in [5.74, 6) is 0.636. The molecule has 0 aliphatic heterocycles. The molecule has 0 saturated carbocycles. The summed E-state index contributed by atoms with van der Waals surface area (Å²) in [4.78, 5) is 2.38. The van der Waals surface area contributed by atoms with Gasteiger partial charge in [-0.2, -0.15) is 5.10 Å². The molecule has 1 heterocycles. The molecule has 30 heavy (non-hydrogen) atoms. The summed E-state index contributed by atoms with van der Waals surface area (Å²) in [6.45, 7) is 10.4. The van der Waals surface area contributed by atoms with Gasteiger partial charge in [0, 0.05) is 24.8 Å². The molecule has 3 aromatic rings. The third-order valence-electron chi connectivity index (χ3n) is 5.14. The third kappa shape index (κ3) is 4.36. The van der Waals surface area contributed by atoms with Gasteiger partial charge in [0.1, 0.15) is 11.5 Å². The minimum atomic E-state index is -0.0409. The van der Waals surface area contributed by atoms with Crippen molar-refractivity contribution >= 4 is 17.9 Å². The number of aromatic amines is 1. The molecule has 0 radical (unpaired) electrons. The zero-order valence-electron chi connectivity index (χ0n) is 18.0. The van der Waals surface area contributed by atoms with E-state index >= 15 is 0 Å². The van der Waals surface area contributed by atoms with Crippen molar-refractivity contribution in [1.29, 1.82) is 0 Å². The monoisotopic (exact) mass is 426 g/mol. The van der Waals surface area contributed by atoms with Gasteiger partial charge in [-0.25, -0.2) is 0 Å². The second kappa shape index (κ2) is 9.34. The van der Waals surface area contributed by atoms with Crippen LogP contribution in [0.1, 0.15) is 52.0 Å². The van der Waals surface area contributed by atoms with Gasteiger partial charge in [0.25, 0.3) is 0 Å². The van der Waals surface area contributed by atoms with Crippen LogP contribution in [0.25, 0.3) is 17.1 Å². The Hall–Kier alpha value is -2.80. The highest BCUT2D eigenvalue weighted by molar-refractivity contribution is 7.71. The highest BCUT2D eigenvalue weighted by atomic mass is 32.1. The van der Waals surface area contributed by atoms with E-state index in [1.54, 1.807) is 10.6 Å². The summed E-state index contributed by atoms with van der Waals surface area (Å²) in [6.07, 6.45) is 2.19. The molecule has 3 N–H and O–H groups in total. The summed E-state index contributed by atoms with van der Waals surface area (Å²) in [5, 5.41) is 27.9. The molecule has 0 unspecified atom stereocenters. The van der Waals surface area contributed by atoms with E-state index in [1.165, 1.54) is 11.8 Å². The molecule has 2 aromatic carbocycles. The third-order valence-corrected chi connectivity index (χ3v) is 5.41. The molecule has 160 valence electrons. The lowest BCUT2D eigenvalue weighted by Crippen LogP contribution is -2.24. The topological polar surface area (TPSA) is 77.3 Å². The number of nitrogens with one attached hydrogen (secondary N) is 1. The van der Waals surface area contributed by atoms with Crippen LogP contribution in [0.3, 0.4) is 0 Å². The second-order valence-corrected chi connectivity index (χ2v) is 8.16. The van der Waals surface area contributed by atoms with E-state index in [0.717, 1.165) is 37.2 Å². The predicted molar refractivity (Wildman–Crippen MR) is 124 cm³/mol. The van der Waals surface area contributed by atoms with Crippen LogP contribution in [-0.4, -0.2) is 38.1 Å². The Morgan fingerprint density at radius 1 is 1.03 bits per heavy atom. The van der Waals surface area contributed by atoms with Crippen LogP contribution in [-0.2, 0) is 0 Å². The zero-order chi connectivity index (χ0) is 21.8. The minimum absolute atomic E-state index is 0.0409. The average Bonchev–Trinajstić information content (AvgIpc) is 3.09. The van der Waals surface area contributed by atoms with Crippen LogP contribution in [0.5, 0.6) is 11.5 Å². The number of hydrogen-bond donors (Lipinski definition) is 3. The standard InChI is InChI=1S/C23H30N4O2S/c1-5-11-26(12-6-2)16-7-9-17(10-8-16)27-22(24-25-23(27)30)19-13-18(15(3)4)20(28)14-21(19)29/h7-10,13-15,28-29H,5-6,11-12H2,1-4H3,(H,25,30). The SMILES string of the molecule is CCCN(CCC)c1ccc(-n2c(-c3cc(C(C)C)c(O)cc3O)n[nH]c2=S)cc1. The molecular formula is C23H30N4O2S. The lowest BCUT2D eigenvalue weighted by molar-refractivity contribution is 0.444. The number of benzene rings is 2. The van der Waals surface area contributed by atoms with Crippen LogP contribution in [0, 0.1) is 4.77 Å². The van der Waals surface area contributed by atoms with Crippen LogP contribution >= 0.6 is 12.2 Å². The normalized spacial score (nSPS) is 11.2. The molecule has 0 bridgehead atoms. The van der Waals surface area contributed by atoms with Gasteiger partial charge in [-0.3, -0.25) is 9.67 Å². The molecule has 0 aliphatic carbocycles. The Bertz CT molecular complexity index is 1050. The van der Waals surface area contributed by atoms with Gasteiger partial charge in [0.05, 0.1) is 11.3 Å². The molecule has 7 heteroatoms. The first kappa shape index (κ1) is 21.9. The van der Waals surface area contributed by atoms with Gasteiger partial charge >= 0.3 is 0 Å². The number of H-pyrrole nitrogens is 1. The van der Waals surface area contributed by atoms with Crippen LogP contribution in [0.15, 0.2) is 36.4 Å². The number of phenolic OH excluding ortho intramolecular Hbond substituents is 2. The fourth-order valence-corrected chi connectivity index (χ4v) is 3.91. The minimum Gasteiger partial charge on any atom is -0.508 e. The molecule has 6 nitrogen and oxygen atoms in total. The maximum Gasteiger partial charge on any atom is 0.200 e. The fraction of sp³-hybridized carbons (Fsp3) is 0.391. The van der Waals surface area contributed by atoms with Crippen molar-refractivity contribution in [2.45, 2.75) is 46.5 Å². The van der Waals surface area contributed by atoms with Crippen LogP contribution in [0.4, 0.5) is 5.69 Å². The van der Waals surface area contributed by atoms with E-state index in [9.17, 15) is 10.2 Å². The first-order valence-electron chi connectivity index (χ1n) is 10.5. The van der Waals surface area contributed by atoms with Gasteiger partial charge in [0.2, 0.25) is 0 Å². The molecular weight excluding hydrogens is 396 g/mol. The summed E-state index contributed by atoms with van der Waals surface area (Å²) in [6, 6.07) is 11.4. The molecule has 0 fully saturated rings. The van der Waals surface area contributed by atoms with Crippen molar-refractivity contribution in [2.75, 3.05) is 18.0 Å². The van der Waals surface area contributed by atoms with E-state index < -0.39 is 0 Å². The van der Waals surface area contributed by atoms with Crippen LogP contribution < -0.4 is 4.90 Å². The number of anilines is 1. The van der Waals surface area contributed by atoms with Crippen molar-refractivity contribution in [1.82, 2.24) is 14.8 Å². The number of nitrogens with zero attached hydrogens (tertiary/aromatic N) is 3. The highest BCUT2D eigenvalue weighted by Crippen LogP contribution is 2.37. The molecule has 0 amide bonds. The Kier molecular flexibility index (Phi) is 6.82. The Morgan fingerprint density at radius 2 is 1.67 bits per heavy atom. The van der Waals surface area contributed by atoms with Gasteiger partial charge in [-0.1, -0.05) is 27.7 Å². The van der Waals surface area contributed by atoms with E-state index in [1.807, 2.05) is 26.0 Å². The van der Waals surface area contributed by atoms with Gasteiger partial charge < -0.3 is 15.1 Å². The summed E-state index contributed by atoms with van der Waals surface area (Å²) >= 11 is 5.48. The quantitative estimate of drug-likeness (QED) is 0.399. The lowest BCUT2D eigenvalue weighted by Gasteiger charge is -2.24. The smallest absolute Gasteiger partial charge is 0.200 e. The van der Waals surface area contributed by atoms with Crippen LogP contribution in [0.2, 0.25) is 0 Å². The highest BCUT2D eigenvalue weighted by Gasteiger charge is 2.18. The van der Waals surface area contributed by atoms with Gasteiger partial charge in [-0.15, -0.1) is 0 Å². The molecule has 0 spiro atoms. The van der Waals surface area contributed by atoms with Gasteiger partial charge in [-0.05, 0) is 66.9 Å². The van der Waals surface area contributed by atoms with Crippen molar-refractivity contribution in [3.8, 4) is 28.6 Å². The van der Waals surface area contributed by atoms with E-state index in [0.29, 0.717) is 16.2 Å². The Labute approximate surface area is 182 Å². The van der Waals surface area contributed by atoms with Gasteiger partial charge in [0.15, 0.2) is 10.6 Å². The van der Waals surface area contributed by atoms with Crippen molar-refractivity contribution in [3.05, 3.63) is 46.7 Å². The van der Waals surface area contributed by atoms with E-state index in [-0.39, 0.29) is 17.4 Å². The largest absolute Gasteiger partial charge is 0.508 e. The summed E-state index contributed by atoms with van der Waals surface area (Å²) in [7, 11) is 0. The van der Waals surface area contributed by atoms with E-state index in [4.69, 9.17) is 12.2 Å². The maximum absolute atomic E-state index is 10.5. The van der Waals surface area contributed by atoms with Crippen molar-refractivity contribution < 1.29 is 10.2 Å². The van der Waals surface area contributed by atoms with Crippen molar-refractivity contribution in [2.24, 2.45) is 0 Å².